The Morgan fingerprint density at radius 1 is 1.05 bits per heavy atom. The molecule has 2 aromatic heterocycles. The zero-order valence-electron chi connectivity index (χ0n) is 27.0. The largest absolute Gasteiger partial charge is 0.461 e. The highest BCUT2D eigenvalue weighted by Crippen LogP contribution is 2.34. The molecule has 5 rings (SSSR count). The number of carbonyl (C=O) groups is 1. The number of carbonyl (C=O) groups excluding carboxylic acids is 1. The molecule has 0 aliphatic heterocycles. The van der Waals surface area contributed by atoms with Crippen LogP contribution in [0.4, 0.5) is 0 Å². The fourth-order valence-electron chi connectivity index (χ4n) is 6.69. The van der Waals surface area contributed by atoms with Gasteiger partial charge in [0.2, 0.25) is 0 Å². The van der Waals surface area contributed by atoms with Gasteiger partial charge < -0.3 is 9.30 Å². The second-order valence-electron chi connectivity index (χ2n) is 12.7. The number of hydrogen-bond donors (Lipinski definition) is 0. The van der Waals surface area contributed by atoms with Crippen LogP contribution in [0.2, 0.25) is 0 Å². The van der Waals surface area contributed by atoms with Crippen LogP contribution in [0.25, 0.3) is 0 Å². The summed E-state index contributed by atoms with van der Waals surface area (Å²) in [6.45, 7) is 10.4. The molecule has 0 amide bonds. The highest BCUT2D eigenvalue weighted by Gasteiger charge is 2.28. The maximum absolute atomic E-state index is 13.4. The zero-order valence-corrected chi connectivity index (χ0v) is 27.0. The van der Waals surface area contributed by atoms with E-state index >= 15 is 0 Å². The van der Waals surface area contributed by atoms with Gasteiger partial charge in [0, 0.05) is 38.1 Å². The van der Waals surface area contributed by atoms with Gasteiger partial charge in [-0.15, -0.1) is 5.10 Å². The predicted molar refractivity (Wildman–Crippen MR) is 174 cm³/mol. The van der Waals surface area contributed by atoms with Crippen molar-refractivity contribution >= 4 is 5.97 Å². The number of esters is 1. The minimum atomic E-state index is -0.308. The van der Waals surface area contributed by atoms with Gasteiger partial charge in [-0.1, -0.05) is 86.9 Å². The maximum Gasteiger partial charge on any atom is 0.309 e. The minimum absolute atomic E-state index is 0.0135. The summed E-state index contributed by atoms with van der Waals surface area (Å²) in [4.78, 5) is 18.2. The van der Waals surface area contributed by atoms with Crippen molar-refractivity contribution in [1.29, 1.82) is 0 Å². The molecule has 0 N–H and O–H groups in total. The lowest BCUT2D eigenvalue weighted by molar-refractivity contribution is -0.150. The van der Waals surface area contributed by atoms with E-state index in [0.29, 0.717) is 0 Å². The van der Waals surface area contributed by atoms with Crippen molar-refractivity contribution in [2.24, 2.45) is 17.8 Å². The van der Waals surface area contributed by atoms with Gasteiger partial charge in [0.25, 0.3) is 0 Å². The molecular formula is C37H49N5O2. The van der Waals surface area contributed by atoms with E-state index in [1.807, 2.05) is 54.3 Å². The first-order valence-electron chi connectivity index (χ1n) is 16.6. The summed E-state index contributed by atoms with van der Waals surface area (Å²) < 4.78 is 10.0. The summed E-state index contributed by atoms with van der Waals surface area (Å²) in [6, 6.07) is 16.6. The first-order chi connectivity index (χ1) is 21.4. The lowest BCUT2D eigenvalue weighted by atomic mass is 9.79. The summed E-state index contributed by atoms with van der Waals surface area (Å²) >= 11 is 0. The molecule has 1 aliphatic rings. The lowest BCUT2D eigenvalue weighted by Crippen LogP contribution is -2.23. The van der Waals surface area contributed by atoms with E-state index < -0.39 is 0 Å². The van der Waals surface area contributed by atoms with Crippen molar-refractivity contribution in [3.8, 4) is 0 Å². The molecule has 0 radical (unpaired) electrons. The number of nitrogens with zero attached hydrogens (tertiary/aromatic N) is 5. The maximum atomic E-state index is 13.4. The molecule has 2 unspecified atom stereocenters. The monoisotopic (exact) mass is 595 g/mol. The second-order valence-corrected chi connectivity index (χ2v) is 12.7. The quantitative estimate of drug-likeness (QED) is 0.140. The molecule has 0 saturated heterocycles. The van der Waals surface area contributed by atoms with Crippen molar-refractivity contribution in [3.63, 3.8) is 0 Å². The summed E-state index contributed by atoms with van der Waals surface area (Å²) in [7, 11) is 0. The summed E-state index contributed by atoms with van der Waals surface area (Å²) in [5.74, 6) is 2.32. The van der Waals surface area contributed by atoms with E-state index in [0.717, 1.165) is 61.0 Å². The van der Waals surface area contributed by atoms with Crippen LogP contribution >= 0.6 is 0 Å². The third kappa shape index (κ3) is 8.25. The van der Waals surface area contributed by atoms with Gasteiger partial charge in [0.05, 0.1) is 11.6 Å². The van der Waals surface area contributed by atoms with Crippen molar-refractivity contribution in [2.75, 3.05) is 0 Å². The highest BCUT2D eigenvalue weighted by atomic mass is 16.5. The molecule has 2 aromatic carbocycles. The topological polar surface area (TPSA) is 74.8 Å². The molecule has 4 aromatic rings. The summed E-state index contributed by atoms with van der Waals surface area (Å²) in [6.07, 6.45) is 15.3. The first-order valence-corrected chi connectivity index (χ1v) is 16.6. The molecule has 1 saturated carbocycles. The van der Waals surface area contributed by atoms with E-state index in [-0.39, 0.29) is 24.4 Å². The molecular weight excluding hydrogens is 546 g/mol. The van der Waals surface area contributed by atoms with Crippen LogP contribution in [0.15, 0.2) is 67.1 Å². The third-order valence-corrected chi connectivity index (χ3v) is 9.78. The van der Waals surface area contributed by atoms with E-state index in [1.54, 1.807) is 0 Å². The third-order valence-electron chi connectivity index (χ3n) is 9.78. The van der Waals surface area contributed by atoms with Crippen LogP contribution in [-0.2, 0) is 42.1 Å². The molecule has 7 nitrogen and oxygen atoms in total. The minimum Gasteiger partial charge on any atom is -0.461 e. The van der Waals surface area contributed by atoms with E-state index in [1.165, 1.54) is 49.1 Å². The Bertz CT molecular complexity index is 1470. The van der Waals surface area contributed by atoms with Crippen LogP contribution in [-0.4, -0.2) is 30.5 Å². The fraction of sp³-hybridized carbons (Fsp3) is 0.514. The fourth-order valence-corrected chi connectivity index (χ4v) is 6.69. The number of aryl methyl sites for hydroxylation is 3. The van der Waals surface area contributed by atoms with Crippen LogP contribution in [0.5, 0.6) is 0 Å². The van der Waals surface area contributed by atoms with E-state index in [9.17, 15) is 4.79 Å². The van der Waals surface area contributed by atoms with Crippen molar-refractivity contribution in [2.45, 2.75) is 105 Å². The smallest absolute Gasteiger partial charge is 0.309 e. The van der Waals surface area contributed by atoms with Gasteiger partial charge in [-0.3, -0.25) is 9.48 Å². The number of aromatic nitrogens is 5. The Morgan fingerprint density at radius 3 is 2.55 bits per heavy atom. The lowest BCUT2D eigenvalue weighted by Gasteiger charge is -2.27. The Labute approximate surface area is 263 Å². The first kappa shape index (κ1) is 31.7. The number of imidazole rings is 1. The molecule has 0 bridgehead atoms. The van der Waals surface area contributed by atoms with Gasteiger partial charge in [0.15, 0.2) is 0 Å². The Balaban J connectivity index is 1.33. The Hall–Kier alpha value is -3.74. The van der Waals surface area contributed by atoms with Gasteiger partial charge in [-0.2, -0.15) is 0 Å². The van der Waals surface area contributed by atoms with Crippen LogP contribution in [0.3, 0.4) is 0 Å². The van der Waals surface area contributed by atoms with Crippen LogP contribution < -0.4 is 0 Å². The molecule has 1 aliphatic carbocycles. The van der Waals surface area contributed by atoms with Crippen molar-refractivity contribution < 1.29 is 9.53 Å². The number of hydrogen-bond acceptors (Lipinski definition) is 5. The standard InChI is InChI=1S/C37H49N5O2/c1-5-29-13-15-30(16-14-29)22-36-38-20-21-41(36)24-33-23-32(17-12-27(33)3)35(19-18-34-25-42(6-2)40-39-34)28(4)37(43)44-26-31-10-8-7-9-11-31/h7-12,17,20-21,23,25,28-30,35H,5-6,13-16,18-19,22,24,26H2,1-4H3. The highest BCUT2D eigenvalue weighted by molar-refractivity contribution is 5.73. The Morgan fingerprint density at radius 2 is 1.82 bits per heavy atom. The molecule has 44 heavy (non-hydrogen) atoms. The molecule has 0 spiro atoms. The molecule has 1 fully saturated rings. The predicted octanol–water partition coefficient (Wildman–Crippen LogP) is 7.71. The van der Waals surface area contributed by atoms with E-state index in [2.05, 4.69) is 60.0 Å². The molecule has 2 heterocycles. The van der Waals surface area contributed by atoms with Crippen LogP contribution in [0, 0.1) is 24.7 Å². The summed E-state index contributed by atoms with van der Waals surface area (Å²) in [5, 5.41) is 8.59. The van der Waals surface area contributed by atoms with Crippen molar-refractivity contribution in [1.82, 2.24) is 24.5 Å². The van der Waals surface area contributed by atoms with Gasteiger partial charge in [-0.25, -0.2) is 4.98 Å². The summed E-state index contributed by atoms with van der Waals surface area (Å²) in [5.41, 5.74) is 5.62. The average Bonchev–Trinajstić information content (AvgIpc) is 3.71. The number of ether oxygens (including phenoxy) is 1. The average molecular weight is 596 g/mol. The Kier molecular flexibility index (Phi) is 11.0. The van der Waals surface area contributed by atoms with Crippen molar-refractivity contribution in [3.05, 3.63) is 101 Å². The molecule has 7 heteroatoms. The van der Waals surface area contributed by atoms with Gasteiger partial charge in [-0.05, 0) is 79.5 Å². The molecule has 2 atom stereocenters. The second kappa shape index (κ2) is 15.3. The number of rotatable bonds is 14. The normalized spacial score (nSPS) is 18.2. The van der Waals surface area contributed by atoms with Crippen LogP contribution in [0.1, 0.15) is 99.0 Å². The van der Waals surface area contributed by atoms with Gasteiger partial charge >= 0.3 is 5.97 Å². The SMILES string of the molecule is CCC1CCC(Cc2nccn2Cc2cc(C(CCc3cn(CC)nn3)C(C)C(=O)OCc3ccccc3)ccc2C)CC1. The van der Waals surface area contributed by atoms with Gasteiger partial charge in [0.1, 0.15) is 12.4 Å². The van der Waals surface area contributed by atoms with E-state index in [4.69, 9.17) is 9.72 Å². The zero-order chi connectivity index (χ0) is 30.9. The number of benzene rings is 2. The molecule has 234 valence electrons.